The van der Waals surface area contributed by atoms with E-state index in [9.17, 15) is 13.2 Å². The van der Waals surface area contributed by atoms with E-state index >= 15 is 0 Å². The van der Waals surface area contributed by atoms with Crippen LogP contribution in [0.15, 0.2) is 23.2 Å². The third-order valence-electron chi connectivity index (χ3n) is 3.41. The standard InChI is InChI=1S/C17H27F3N4O2/c1-5-26-15-11-13(7-8-14(15)25-4)23-16(21-2)22-9-6-10-24(3)12-17(18,19)20/h7-8,11H,5-6,9-10,12H2,1-4H3,(H2,21,22,23). The molecule has 1 aromatic carbocycles. The molecule has 0 spiro atoms. The molecule has 0 fully saturated rings. The molecule has 1 rings (SSSR count). The summed E-state index contributed by atoms with van der Waals surface area (Å²) >= 11 is 0. The molecule has 2 N–H and O–H groups in total. The average molecular weight is 376 g/mol. The Bertz CT molecular complexity index is 580. The predicted octanol–water partition coefficient (Wildman–Crippen LogP) is 2.97. The first-order valence-electron chi connectivity index (χ1n) is 8.32. The van der Waals surface area contributed by atoms with Crippen LogP contribution in [0.25, 0.3) is 0 Å². The third kappa shape index (κ3) is 8.28. The molecule has 9 heteroatoms. The van der Waals surface area contributed by atoms with Gasteiger partial charge in [0.2, 0.25) is 0 Å². The van der Waals surface area contributed by atoms with Gasteiger partial charge in [-0.15, -0.1) is 0 Å². The van der Waals surface area contributed by atoms with E-state index in [1.807, 2.05) is 13.0 Å². The van der Waals surface area contributed by atoms with Gasteiger partial charge in [0.05, 0.1) is 20.3 Å². The molecule has 0 saturated carbocycles. The number of hydrogen-bond acceptors (Lipinski definition) is 4. The smallest absolute Gasteiger partial charge is 0.401 e. The molecule has 0 aliphatic carbocycles. The van der Waals surface area contributed by atoms with Crippen LogP contribution >= 0.6 is 0 Å². The lowest BCUT2D eigenvalue weighted by Crippen LogP contribution is -2.35. The van der Waals surface area contributed by atoms with Crippen LogP contribution in [0, 0.1) is 0 Å². The highest BCUT2D eigenvalue weighted by Gasteiger charge is 2.28. The Hall–Kier alpha value is -2.16. The molecule has 0 bridgehead atoms. The normalized spacial score (nSPS) is 12.2. The first-order valence-corrected chi connectivity index (χ1v) is 8.32. The molecule has 0 aliphatic rings. The summed E-state index contributed by atoms with van der Waals surface area (Å²) in [5, 5.41) is 6.19. The average Bonchev–Trinajstić information content (AvgIpc) is 2.56. The molecule has 0 radical (unpaired) electrons. The van der Waals surface area contributed by atoms with E-state index in [1.54, 1.807) is 26.3 Å². The Morgan fingerprint density at radius 1 is 1.27 bits per heavy atom. The number of benzene rings is 1. The van der Waals surface area contributed by atoms with Gasteiger partial charge >= 0.3 is 6.18 Å². The van der Waals surface area contributed by atoms with Crippen LogP contribution in [-0.4, -0.2) is 64.5 Å². The zero-order valence-corrected chi connectivity index (χ0v) is 15.6. The molecule has 0 saturated heterocycles. The van der Waals surface area contributed by atoms with Gasteiger partial charge in [-0.2, -0.15) is 13.2 Å². The van der Waals surface area contributed by atoms with Crippen LogP contribution in [-0.2, 0) is 0 Å². The van der Waals surface area contributed by atoms with Crippen molar-refractivity contribution in [1.29, 1.82) is 0 Å². The minimum atomic E-state index is -4.17. The summed E-state index contributed by atoms with van der Waals surface area (Å²) in [6, 6.07) is 5.41. The number of guanidine groups is 1. The van der Waals surface area contributed by atoms with Gasteiger partial charge in [0.25, 0.3) is 0 Å². The van der Waals surface area contributed by atoms with Crippen LogP contribution in [0.1, 0.15) is 13.3 Å². The highest BCUT2D eigenvalue weighted by Crippen LogP contribution is 2.30. The van der Waals surface area contributed by atoms with Gasteiger partial charge in [0.1, 0.15) is 0 Å². The molecular formula is C17H27F3N4O2. The predicted molar refractivity (Wildman–Crippen MR) is 97.3 cm³/mol. The van der Waals surface area contributed by atoms with Crippen LogP contribution < -0.4 is 20.1 Å². The third-order valence-corrected chi connectivity index (χ3v) is 3.41. The Morgan fingerprint density at radius 3 is 2.58 bits per heavy atom. The number of aliphatic imine (C=N–C) groups is 1. The molecular weight excluding hydrogens is 349 g/mol. The summed E-state index contributed by atoms with van der Waals surface area (Å²) in [7, 11) is 4.65. The van der Waals surface area contributed by atoms with Gasteiger partial charge in [-0.25, -0.2) is 0 Å². The number of anilines is 1. The minimum absolute atomic E-state index is 0.334. The van der Waals surface area contributed by atoms with E-state index in [2.05, 4.69) is 15.6 Å². The maximum absolute atomic E-state index is 12.3. The van der Waals surface area contributed by atoms with Crippen LogP contribution in [0.3, 0.4) is 0 Å². The quantitative estimate of drug-likeness (QED) is 0.394. The molecule has 148 valence electrons. The number of hydrogen-bond donors (Lipinski definition) is 2. The van der Waals surface area contributed by atoms with E-state index in [-0.39, 0.29) is 0 Å². The van der Waals surface area contributed by atoms with Gasteiger partial charge in [-0.05, 0) is 39.1 Å². The zero-order chi connectivity index (χ0) is 19.6. The lowest BCUT2D eigenvalue weighted by atomic mass is 10.2. The van der Waals surface area contributed by atoms with Gasteiger partial charge in [0, 0.05) is 25.3 Å². The summed E-state index contributed by atoms with van der Waals surface area (Å²) in [6.45, 7) is 2.32. The molecule has 26 heavy (non-hydrogen) atoms. The molecule has 6 nitrogen and oxygen atoms in total. The van der Waals surface area contributed by atoms with Crippen molar-refractivity contribution in [3.63, 3.8) is 0 Å². The Morgan fingerprint density at radius 2 is 2.00 bits per heavy atom. The Labute approximate surface area is 152 Å². The maximum atomic E-state index is 12.3. The second-order valence-corrected chi connectivity index (χ2v) is 5.63. The molecule has 0 unspecified atom stereocenters. The van der Waals surface area contributed by atoms with Crippen molar-refractivity contribution in [2.45, 2.75) is 19.5 Å². The fourth-order valence-corrected chi connectivity index (χ4v) is 2.28. The largest absolute Gasteiger partial charge is 0.493 e. The van der Waals surface area contributed by atoms with Gasteiger partial charge in [-0.1, -0.05) is 0 Å². The van der Waals surface area contributed by atoms with E-state index in [1.165, 1.54) is 11.9 Å². The monoisotopic (exact) mass is 376 g/mol. The summed E-state index contributed by atoms with van der Waals surface area (Å²) in [4.78, 5) is 5.35. The number of nitrogens with one attached hydrogen (secondary N) is 2. The van der Waals surface area contributed by atoms with E-state index in [0.717, 1.165) is 5.69 Å². The summed E-state index contributed by atoms with van der Waals surface area (Å²) in [6.07, 6.45) is -3.62. The first kappa shape index (κ1) is 21.9. The number of ether oxygens (including phenoxy) is 2. The summed E-state index contributed by atoms with van der Waals surface area (Å²) < 4.78 is 47.6. The molecule has 0 heterocycles. The van der Waals surface area contributed by atoms with Gasteiger partial charge in [0.15, 0.2) is 17.5 Å². The van der Waals surface area contributed by atoms with Crippen molar-refractivity contribution in [1.82, 2.24) is 10.2 Å². The SMILES string of the molecule is CCOc1cc(NC(=NC)NCCCN(C)CC(F)(F)F)ccc1OC. The number of halogens is 3. The van der Waals surface area contributed by atoms with Crippen molar-refractivity contribution < 1.29 is 22.6 Å². The number of alkyl halides is 3. The minimum Gasteiger partial charge on any atom is -0.493 e. The lowest BCUT2D eigenvalue weighted by Gasteiger charge is -2.19. The van der Waals surface area contributed by atoms with Crippen molar-refractivity contribution in [2.75, 3.05) is 52.8 Å². The molecule has 0 aromatic heterocycles. The van der Waals surface area contributed by atoms with Crippen LogP contribution in [0.5, 0.6) is 11.5 Å². The van der Waals surface area contributed by atoms with Crippen molar-refractivity contribution >= 4 is 11.6 Å². The zero-order valence-electron chi connectivity index (χ0n) is 15.6. The molecule has 0 aliphatic heterocycles. The van der Waals surface area contributed by atoms with Crippen LogP contribution in [0.2, 0.25) is 0 Å². The number of nitrogens with zero attached hydrogens (tertiary/aromatic N) is 2. The second-order valence-electron chi connectivity index (χ2n) is 5.63. The van der Waals surface area contributed by atoms with E-state index < -0.39 is 12.7 Å². The maximum Gasteiger partial charge on any atom is 0.401 e. The fraction of sp³-hybridized carbons (Fsp3) is 0.588. The lowest BCUT2D eigenvalue weighted by molar-refractivity contribution is -0.143. The highest BCUT2D eigenvalue weighted by atomic mass is 19.4. The van der Waals surface area contributed by atoms with Gasteiger partial charge < -0.3 is 20.1 Å². The second kappa shape index (κ2) is 10.7. The first-order chi connectivity index (χ1) is 12.3. The topological polar surface area (TPSA) is 58.1 Å². The van der Waals surface area contributed by atoms with Crippen molar-refractivity contribution in [3.05, 3.63) is 18.2 Å². The number of methoxy groups -OCH3 is 1. The fourth-order valence-electron chi connectivity index (χ4n) is 2.28. The molecule has 0 atom stereocenters. The van der Waals surface area contributed by atoms with E-state index in [4.69, 9.17) is 9.47 Å². The molecule has 1 aromatic rings. The summed E-state index contributed by atoms with van der Waals surface area (Å²) in [5.41, 5.74) is 0.761. The summed E-state index contributed by atoms with van der Waals surface area (Å²) in [5.74, 6) is 1.77. The Balaban J connectivity index is 2.49. The van der Waals surface area contributed by atoms with Crippen LogP contribution in [0.4, 0.5) is 18.9 Å². The van der Waals surface area contributed by atoms with Crippen molar-refractivity contribution in [2.24, 2.45) is 4.99 Å². The van der Waals surface area contributed by atoms with Gasteiger partial charge in [-0.3, -0.25) is 9.89 Å². The van der Waals surface area contributed by atoms with E-state index in [0.29, 0.717) is 43.6 Å². The molecule has 0 amide bonds. The highest BCUT2D eigenvalue weighted by molar-refractivity contribution is 5.93. The van der Waals surface area contributed by atoms with Crippen molar-refractivity contribution in [3.8, 4) is 11.5 Å². The Kier molecular flexibility index (Phi) is 9.04. The number of rotatable bonds is 9.